The van der Waals surface area contributed by atoms with Gasteiger partial charge in [-0.15, -0.1) is 0 Å². The van der Waals surface area contributed by atoms with E-state index in [-0.39, 0.29) is 11.1 Å². The van der Waals surface area contributed by atoms with Gasteiger partial charge in [0, 0.05) is 12.1 Å². The molecule has 27 heavy (non-hydrogen) atoms. The van der Waals surface area contributed by atoms with Crippen LogP contribution < -0.4 is 11.5 Å². The van der Waals surface area contributed by atoms with Gasteiger partial charge in [-0.3, -0.25) is 0 Å². The van der Waals surface area contributed by atoms with E-state index in [9.17, 15) is 9.59 Å². The first-order valence-electron chi connectivity index (χ1n) is 9.93. The molecule has 6 N–H and O–H groups in total. The van der Waals surface area contributed by atoms with Gasteiger partial charge in [-0.1, -0.05) is 0 Å². The van der Waals surface area contributed by atoms with Crippen LogP contribution in [0.15, 0.2) is 24.3 Å². The maximum atomic E-state index is 10.3. The van der Waals surface area contributed by atoms with E-state index in [2.05, 4.69) is 0 Å². The zero-order valence-corrected chi connectivity index (χ0v) is 15.8. The van der Waals surface area contributed by atoms with Crippen LogP contribution >= 0.6 is 0 Å². The molecular weight excluding hydrogens is 344 g/mol. The van der Waals surface area contributed by atoms with E-state index in [1.165, 1.54) is 82.1 Å². The minimum Gasteiger partial charge on any atom is -0.478 e. The average molecular weight is 376 g/mol. The molecule has 3 rings (SSSR count). The smallest absolute Gasteiger partial charge is 0.335 e. The van der Waals surface area contributed by atoms with Crippen LogP contribution in [-0.4, -0.2) is 34.2 Å². The first kappa shape index (κ1) is 21.4. The fourth-order valence-corrected chi connectivity index (χ4v) is 4.07. The molecule has 0 unspecified atom stereocenters. The lowest BCUT2D eigenvalue weighted by atomic mass is 9.76. The van der Waals surface area contributed by atoms with E-state index in [1.807, 2.05) is 0 Å². The summed E-state index contributed by atoms with van der Waals surface area (Å²) < 4.78 is 0. The van der Waals surface area contributed by atoms with Gasteiger partial charge in [-0.25, -0.2) is 9.59 Å². The Bertz CT molecular complexity index is 548. The Morgan fingerprint density at radius 1 is 0.704 bits per heavy atom. The number of benzene rings is 1. The van der Waals surface area contributed by atoms with E-state index < -0.39 is 11.9 Å². The molecule has 0 aliphatic heterocycles. The Balaban J connectivity index is 0.000000199. The maximum Gasteiger partial charge on any atom is 0.335 e. The van der Waals surface area contributed by atoms with Crippen LogP contribution in [0, 0.1) is 11.8 Å². The summed E-state index contributed by atoms with van der Waals surface area (Å²) >= 11 is 0. The van der Waals surface area contributed by atoms with Crippen molar-refractivity contribution in [3.8, 4) is 0 Å². The standard InChI is InChI=1S/C13H26N2.C8H6O4/c14-12-5-1-10(2-6-12)9-11-3-7-13(15)8-4-11;9-7(10)5-1-2-6(4-3-5)8(11)12/h10-13H,1-9,14-15H2;1-4H,(H,9,10)(H,11,12). The Labute approximate surface area is 160 Å². The summed E-state index contributed by atoms with van der Waals surface area (Å²) in [7, 11) is 0. The Morgan fingerprint density at radius 3 is 1.26 bits per heavy atom. The van der Waals surface area contributed by atoms with Crippen LogP contribution in [0.1, 0.15) is 78.5 Å². The molecule has 6 heteroatoms. The second-order valence-electron chi connectivity index (χ2n) is 7.98. The molecule has 1 aromatic carbocycles. The first-order chi connectivity index (χ1) is 12.8. The Hall–Kier alpha value is -1.92. The molecule has 0 heterocycles. The van der Waals surface area contributed by atoms with Crippen molar-refractivity contribution in [2.24, 2.45) is 23.3 Å². The quantitative estimate of drug-likeness (QED) is 0.637. The molecule has 6 nitrogen and oxygen atoms in total. The van der Waals surface area contributed by atoms with Gasteiger partial charge in [0.25, 0.3) is 0 Å². The van der Waals surface area contributed by atoms with Crippen molar-refractivity contribution in [3.63, 3.8) is 0 Å². The second-order valence-corrected chi connectivity index (χ2v) is 7.98. The molecule has 2 aliphatic rings. The molecule has 0 bridgehead atoms. The summed E-state index contributed by atoms with van der Waals surface area (Å²) in [5.41, 5.74) is 12.0. The fourth-order valence-electron chi connectivity index (χ4n) is 4.07. The number of carboxylic acid groups (broad SMARTS) is 2. The second kappa shape index (κ2) is 10.4. The highest BCUT2D eigenvalue weighted by Gasteiger charge is 2.24. The summed E-state index contributed by atoms with van der Waals surface area (Å²) in [6.45, 7) is 0. The van der Waals surface area contributed by atoms with Gasteiger partial charge in [-0.05, 0) is 93.9 Å². The van der Waals surface area contributed by atoms with Crippen LogP contribution in [-0.2, 0) is 0 Å². The van der Waals surface area contributed by atoms with Gasteiger partial charge >= 0.3 is 11.9 Å². The molecule has 0 atom stereocenters. The van der Waals surface area contributed by atoms with Crippen molar-refractivity contribution in [1.29, 1.82) is 0 Å². The fraction of sp³-hybridized carbons (Fsp3) is 0.619. The van der Waals surface area contributed by atoms with Gasteiger partial charge < -0.3 is 21.7 Å². The molecule has 1 aromatic rings. The first-order valence-corrected chi connectivity index (χ1v) is 9.93. The van der Waals surface area contributed by atoms with Crippen molar-refractivity contribution in [2.45, 2.75) is 69.9 Å². The number of hydrogen-bond acceptors (Lipinski definition) is 4. The van der Waals surface area contributed by atoms with Crippen LogP contribution in [0.2, 0.25) is 0 Å². The molecule has 2 aliphatic carbocycles. The third-order valence-corrected chi connectivity index (χ3v) is 5.83. The Morgan fingerprint density at radius 2 is 1.00 bits per heavy atom. The van der Waals surface area contributed by atoms with Crippen LogP contribution in [0.3, 0.4) is 0 Å². The third kappa shape index (κ3) is 7.31. The van der Waals surface area contributed by atoms with E-state index in [0.717, 1.165) is 11.8 Å². The average Bonchev–Trinajstić information content (AvgIpc) is 2.66. The maximum absolute atomic E-state index is 10.3. The number of hydrogen-bond donors (Lipinski definition) is 4. The molecular formula is C21H32N2O4. The Kier molecular flexibility index (Phi) is 8.25. The van der Waals surface area contributed by atoms with Crippen molar-refractivity contribution >= 4 is 11.9 Å². The molecule has 0 saturated heterocycles. The minimum atomic E-state index is -1.06. The molecule has 0 spiro atoms. The number of nitrogens with two attached hydrogens (primary N) is 2. The van der Waals surface area contributed by atoms with Gasteiger partial charge in [0.1, 0.15) is 0 Å². The molecule has 2 fully saturated rings. The van der Waals surface area contributed by atoms with Crippen molar-refractivity contribution in [1.82, 2.24) is 0 Å². The van der Waals surface area contributed by atoms with Crippen LogP contribution in [0.4, 0.5) is 0 Å². The number of aromatic carboxylic acids is 2. The molecule has 0 amide bonds. The zero-order valence-electron chi connectivity index (χ0n) is 15.8. The lowest BCUT2D eigenvalue weighted by Crippen LogP contribution is -2.30. The minimum absolute atomic E-state index is 0.0833. The van der Waals surface area contributed by atoms with Crippen LogP contribution in [0.25, 0.3) is 0 Å². The molecule has 0 aromatic heterocycles. The predicted molar refractivity (Wildman–Crippen MR) is 105 cm³/mol. The molecule has 2 saturated carbocycles. The predicted octanol–water partition coefficient (Wildman–Crippen LogP) is 3.49. The summed E-state index contributed by atoms with van der Waals surface area (Å²) in [6, 6.07) is 6.02. The van der Waals surface area contributed by atoms with Gasteiger partial charge in [-0.2, -0.15) is 0 Å². The van der Waals surface area contributed by atoms with Crippen LogP contribution in [0.5, 0.6) is 0 Å². The number of carboxylic acids is 2. The highest BCUT2D eigenvalue weighted by Crippen LogP contribution is 2.34. The lowest BCUT2D eigenvalue weighted by molar-refractivity contribution is 0.0681. The topological polar surface area (TPSA) is 127 Å². The number of carbonyl (C=O) groups is 2. The monoisotopic (exact) mass is 376 g/mol. The van der Waals surface area contributed by atoms with E-state index in [4.69, 9.17) is 21.7 Å². The highest BCUT2D eigenvalue weighted by atomic mass is 16.4. The zero-order chi connectivity index (χ0) is 19.8. The summed E-state index contributed by atoms with van der Waals surface area (Å²) in [5.74, 6) is -0.174. The van der Waals surface area contributed by atoms with Gasteiger partial charge in [0.2, 0.25) is 0 Å². The summed E-state index contributed by atoms with van der Waals surface area (Å²) in [5, 5.41) is 16.9. The summed E-state index contributed by atoms with van der Waals surface area (Å²) in [4.78, 5) is 20.7. The van der Waals surface area contributed by atoms with E-state index in [0.29, 0.717) is 12.1 Å². The van der Waals surface area contributed by atoms with E-state index >= 15 is 0 Å². The number of rotatable bonds is 4. The van der Waals surface area contributed by atoms with Gasteiger partial charge in [0.05, 0.1) is 11.1 Å². The molecule has 150 valence electrons. The van der Waals surface area contributed by atoms with Crippen molar-refractivity contribution < 1.29 is 19.8 Å². The summed E-state index contributed by atoms with van der Waals surface area (Å²) in [6.07, 6.45) is 12.0. The highest BCUT2D eigenvalue weighted by molar-refractivity contribution is 5.91. The SMILES string of the molecule is NC1CCC(CC2CCC(N)CC2)CC1.O=C(O)c1ccc(C(=O)O)cc1. The van der Waals surface area contributed by atoms with Crippen molar-refractivity contribution in [3.05, 3.63) is 35.4 Å². The van der Waals surface area contributed by atoms with E-state index in [1.54, 1.807) is 0 Å². The molecule has 0 radical (unpaired) electrons. The van der Waals surface area contributed by atoms with Gasteiger partial charge in [0.15, 0.2) is 0 Å². The van der Waals surface area contributed by atoms with Crippen molar-refractivity contribution in [2.75, 3.05) is 0 Å². The lowest BCUT2D eigenvalue weighted by Gasteiger charge is -2.32. The largest absolute Gasteiger partial charge is 0.478 e. The normalized spacial score (nSPS) is 27.9. The third-order valence-electron chi connectivity index (χ3n) is 5.83.